The molecule has 2 fully saturated rings. The maximum Gasteiger partial charge on any atom is 0.0669 e. The second kappa shape index (κ2) is 3.22. The largest absolute Gasteiger partial charge is 0.397 e. The Labute approximate surface area is 90.9 Å². The van der Waals surface area contributed by atoms with Gasteiger partial charge in [-0.05, 0) is 43.7 Å². The number of aromatic nitrogens is 1. The predicted octanol–water partition coefficient (Wildman–Crippen LogP) is 2.98. The predicted molar refractivity (Wildman–Crippen MR) is 62.0 cm³/mol. The van der Waals surface area contributed by atoms with Gasteiger partial charge in [-0.3, -0.25) is 4.98 Å². The number of nitrogens with zero attached hydrogens (tertiary/aromatic N) is 1. The van der Waals surface area contributed by atoms with E-state index in [1.807, 2.05) is 0 Å². The van der Waals surface area contributed by atoms with Crippen LogP contribution in [0.3, 0.4) is 0 Å². The van der Waals surface area contributed by atoms with E-state index >= 15 is 0 Å². The van der Waals surface area contributed by atoms with Gasteiger partial charge in [-0.1, -0.05) is 6.92 Å². The number of nitrogens with two attached hydrogens (primary N) is 1. The first-order chi connectivity index (χ1) is 7.29. The fourth-order valence-electron chi connectivity index (χ4n) is 2.20. The van der Waals surface area contributed by atoms with Crippen molar-refractivity contribution in [2.24, 2.45) is 0 Å². The second-order valence-corrected chi connectivity index (χ2v) is 4.91. The highest BCUT2D eigenvalue weighted by Gasteiger charge is 2.31. The molecule has 15 heavy (non-hydrogen) atoms. The normalized spacial score (nSPS) is 20.6. The molecule has 0 aromatic carbocycles. The van der Waals surface area contributed by atoms with E-state index in [0.29, 0.717) is 5.92 Å². The molecule has 0 unspecified atom stereocenters. The standard InChI is InChI=1S/C13H18N2/c1-2-8-7-11(9-3-4-9)15-13(12(8)14)10-5-6-10/h7,9-10H,2-6,14H2,1H3. The molecule has 0 atom stereocenters. The number of anilines is 1. The summed E-state index contributed by atoms with van der Waals surface area (Å²) in [7, 11) is 0. The molecule has 0 spiro atoms. The molecular formula is C13H18N2. The van der Waals surface area contributed by atoms with Gasteiger partial charge in [0.15, 0.2) is 0 Å². The van der Waals surface area contributed by atoms with Crippen molar-refractivity contribution in [1.82, 2.24) is 4.98 Å². The van der Waals surface area contributed by atoms with Crippen LogP contribution in [0.15, 0.2) is 6.07 Å². The van der Waals surface area contributed by atoms with Crippen LogP contribution in [-0.2, 0) is 6.42 Å². The Balaban J connectivity index is 2.06. The average Bonchev–Trinajstić information content (AvgIpc) is 3.09. The van der Waals surface area contributed by atoms with E-state index in [4.69, 9.17) is 10.7 Å². The Bertz CT molecular complexity index is 390. The number of hydrogen-bond donors (Lipinski definition) is 1. The van der Waals surface area contributed by atoms with E-state index in [9.17, 15) is 0 Å². The minimum atomic E-state index is 0.675. The Morgan fingerprint density at radius 1 is 1.27 bits per heavy atom. The van der Waals surface area contributed by atoms with Gasteiger partial charge in [0.2, 0.25) is 0 Å². The van der Waals surface area contributed by atoms with Crippen molar-refractivity contribution in [3.05, 3.63) is 23.0 Å². The lowest BCUT2D eigenvalue weighted by Crippen LogP contribution is -2.04. The molecule has 2 heteroatoms. The van der Waals surface area contributed by atoms with E-state index in [1.165, 1.54) is 42.6 Å². The molecule has 0 saturated heterocycles. The fraction of sp³-hybridized carbons (Fsp3) is 0.615. The molecule has 0 radical (unpaired) electrons. The molecule has 2 aliphatic carbocycles. The van der Waals surface area contributed by atoms with Crippen molar-refractivity contribution in [3.63, 3.8) is 0 Å². The summed E-state index contributed by atoms with van der Waals surface area (Å²) in [6.07, 6.45) is 6.26. The highest BCUT2D eigenvalue weighted by molar-refractivity contribution is 5.54. The molecule has 1 heterocycles. The monoisotopic (exact) mass is 202 g/mol. The first-order valence-corrected chi connectivity index (χ1v) is 6.08. The summed E-state index contributed by atoms with van der Waals surface area (Å²) in [5, 5.41) is 0. The number of aryl methyl sites for hydroxylation is 1. The zero-order valence-electron chi connectivity index (χ0n) is 9.29. The molecular weight excluding hydrogens is 184 g/mol. The molecule has 1 aromatic heterocycles. The van der Waals surface area contributed by atoms with Crippen LogP contribution in [0.5, 0.6) is 0 Å². The van der Waals surface area contributed by atoms with Crippen LogP contribution in [0.25, 0.3) is 0 Å². The van der Waals surface area contributed by atoms with E-state index in [0.717, 1.165) is 18.0 Å². The first-order valence-electron chi connectivity index (χ1n) is 6.08. The van der Waals surface area contributed by atoms with E-state index in [1.54, 1.807) is 0 Å². The van der Waals surface area contributed by atoms with Crippen LogP contribution >= 0.6 is 0 Å². The van der Waals surface area contributed by atoms with Gasteiger partial charge in [-0.2, -0.15) is 0 Å². The van der Waals surface area contributed by atoms with Gasteiger partial charge in [-0.15, -0.1) is 0 Å². The highest BCUT2D eigenvalue weighted by atomic mass is 14.8. The minimum absolute atomic E-state index is 0.675. The average molecular weight is 202 g/mol. The molecule has 1 aromatic rings. The van der Waals surface area contributed by atoms with Gasteiger partial charge >= 0.3 is 0 Å². The summed E-state index contributed by atoms with van der Waals surface area (Å²) in [6, 6.07) is 2.24. The summed E-state index contributed by atoms with van der Waals surface area (Å²) < 4.78 is 0. The molecule has 0 amide bonds. The minimum Gasteiger partial charge on any atom is -0.397 e. The van der Waals surface area contributed by atoms with Crippen molar-refractivity contribution >= 4 is 5.69 Å². The summed E-state index contributed by atoms with van der Waals surface area (Å²) >= 11 is 0. The highest BCUT2D eigenvalue weighted by Crippen LogP contribution is 2.45. The second-order valence-electron chi connectivity index (χ2n) is 4.91. The summed E-state index contributed by atoms with van der Waals surface area (Å²) in [5.41, 5.74) is 11.0. The summed E-state index contributed by atoms with van der Waals surface area (Å²) in [5.74, 6) is 1.42. The van der Waals surface area contributed by atoms with Crippen molar-refractivity contribution in [2.45, 2.75) is 50.9 Å². The van der Waals surface area contributed by atoms with E-state index < -0.39 is 0 Å². The van der Waals surface area contributed by atoms with Crippen LogP contribution in [0.2, 0.25) is 0 Å². The summed E-state index contributed by atoms with van der Waals surface area (Å²) in [4.78, 5) is 4.78. The Kier molecular flexibility index (Phi) is 1.98. The van der Waals surface area contributed by atoms with Crippen LogP contribution in [0.1, 0.15) is 61.4 Å². The van der Waals surface area contributed by atoms with E-state index in [-0.39, 0.29) is 0 Å². The smallest absolute Gasteiger partial charge is 0.0669 e. The molecule has 0 bridgehead atoms. The third-order valence-corrected chi connectivity index (χ3v) is 3.53. The lowest BCUT2D eigenvalue weighted by molar-refractivity contribution is 0.925. The molecule has 3 rings (SSSR count). The Hall–Kier alpha value is -1.05. The molecule has 80 valence electrons. The lowest BCUT2D eigenvalue weighted by atomic mass is 10.0. The first kappa shape index (κ1) is 9.20. The number of hydrogen-bond acceptors (Lipinski definition) is 2. The molecule has 2 nitrogen and oxygen atoms in total. The number of pyridine rings is 1. The maximum absolute atomic E-state index is 6.16. The van der Waals surface area contributed by atoms with Gasteiger partial charge in [0.1, 0.15) is 0 Å². The Morgan fingerprint density at radius 2 is 1.93 bits per heavy atom. The number of rotatable bonds is 3. The SMILES string of the molecule is CCc1cc(C2CC2)nc(C2CC2)c1N. The zero-order chi connectivity index (χ0) is 10.4. The van der Waals surface area contributed by atoms with E-state index in [2.05, 4.69) is 13.0 Å². The summed E-state index contributed by atoms with van der Waals surface area (Å²) in [6.45, 7) is 2.18. The van der Waals surface area contributed by atoms with Gasteiger partial charge in [0, 0.05) is 17.5 Å². The van der Waals surface area contributed by atoms with Gasteiger partial charge in [-0.25, -0.2) is 0 Å². The van der Waals surface area contributed by atoms with Crippen LogP contribution in [0.4, 0.5) is 5.69 Å². The maximum atomic E-state index is 6.16. The topological polar surface area (TPSA) is 38.9 Å². The van der Waals surface area contributed by atoms with Crippen molar-refractivity contribution in [2.75, 3.05) is 5.73 Å². The molecule has 0 aliphatic heterocycles. The van der Waals surface area contributed by atoms with Gasteiger partial charge < -0.3 is 5.73 Å². The quantitative estimate of drug-likeness (QED) is 0.818. The van der Waals surface area contributed by atoms with Gasteiger partial charge in [0.25, 0.3) is 0 Å². The van der Waals surface area contributed by atoms with Crippen LogP contribution in [-0.4, -0.2) is 4.98 Å². The molecule has 2 N–H and O–H groups in total. The Morgan fingerprint density at radius 3 is 2.47 bits per heavy atom. The van der Waals surface area contributed by atoms with Crippen LogP contribution < -0.4 is 5.73 Å². The third kappa shape index (κ3) is 1.62. The van der Waals surface area contributed by atoms with Crippen molar-refractivity contribution < 1.29 is 0 Å². The fourth-order valence-corrected chi connectivity index (χ4v) is 2.20. The van der Waals surface area contributed by atoms with Gasteiger partial charge in [0.05, 0.1) is 11.4 Å². The zero-order valence-corrected chi connectivity index (χ0v) is 9.29. The molecule has 2 saturated carbocycles. The third-order valence-electron chi connectivity index (χ3n) is 3.53. The number of nitrogen functional groups attached to an aromatic ring is 1. The van der Waals surface area contributed by atoms with Crippen LogP contribution in [0, 0.1) is 0 Å². The van der Waals surface area contributed by atoms with Crippen molar-refractivity contribution in [3.8, 4) is 0 Å². The van der Waals surface area contributed by atoms with Crippen molar-refractivity contribution in [1.29, 1.82) is 0 Å². The lowest BCUT2D eigenvalue weighted by Gasteiger charge is -2.11. The molecule has 2 aliphatic rings.